The van der Waals surface area contributed by atoms with Gasteiger partial charge in [-0.05, 0) is 23.3 Å². The molecule has 2 fully saturated rings. The molecule has 32 heavy (non-hydrogen) atoms. The van der Waals surface area contributed by atoms with Crippen LogP contribution in [0, 0.1) is 10.8 Å². The summed E-state index contributed by atoms with van der Waals surface area (Å²) < 4.78 is 0. The van der Waals surface area contributed by atoms with E-state index >= 15 is 0 Å². The van der Waals surface area contributed by atoms with Gasteiger partial charge in [0.2, 0.25) is 0 Å². The van der Waals surface area contributed by atoms with Crippen molar-refractivity contribution in [2.75, 3.05) is 37.7 Å². The Kier molecular flexibility index (Phi) is 7.60. The maximum Gasteiger partial charge on any atom is 0.156 e. The Morgan fingerprint density at radius 2 is 1.31 bits per heavy atom. The number of ketones is 1. The van der Waals surface area contributed by atoms with Crippen molar-refractivity contribution in [2.24, 2.45) is 0 Å². The van der Waals surface area contributed by atoms with Crippen LogP contribution in [0.25, 0.3) is 0 Å². The number of hydrogen-bond donors (Lipinski definition) is 2. The van der Waals surface area contributed by atoms with Gasteiger partial charge in [0.1, 0.15) is 10.3 Å². The lowest BCUT2D eigenvalue weighted by Crippen LogP contribution is -2.38. The van der Waals surface area contributed by atoms with Gasteiger partial charge in [0.25, 0.3) is 0 Å². The number of aromatic nitrogens is 2. The Balaban J connectivity index is 1.68. The number of thioether (sulfide) groups is 2. The predicted molar refractivity (Wildman–Crippen MR) is 132 cm³/mol. The highest BCUT2D eigenvalue weighted by atomic mass is 35.5. The number of nitrogens with one attached hydrogen (secondary N) is 2. The molecule has 0 aliphatic carbocycles. The summed E-state index contributed by atoms with van der Waals surface area (Å²) in [7, 11) is 0. The van der Waals surface area contributed by atoms with E-state index in [1.807, 2.05) is 21.9 Å². The number of Topliss-reactive ketones (excluding diaryl/α,β-unsaturated/α-hetero) is 1. The molecular formula is C21H22Cl2N6OS2. The van der Waals surface area contributed by atoms with Crippen LogP contribution in [0.4, 0.5) is 0 Å². The molecule has 4 heterocycles. The molecule has 2 N–H and O–H groups in total. The second-order valence-corrected chi connectivity index (χ2v) is 10.5. The second kappa shape index (κ2) is 10.4. The number of hydrogen-bond acceptors (Lipinski definition) is 7. The molecule has 4 rings (SSSR count). The highest BCUT2D eigenvalue weighted by molar-refractivity contribution is 8.14. The molecule has 2 aromatic rings. The quantitative estimate of drug-likeness (QED) is 0.515. The number of halogens is 2. The normalized spacial score (nSPS) is 18.3. The van der Waals surface area contributed by atoms with E-state index in [4.69, 9.17) is 34.0 Å². The molecule has 0 bridgehead atoms. The van der Waals surface area contributed by atoms with Crippen LogP contribution < -0.4 is 0 Å². The zero-order chi connectivity index (χ0) is 22.7. The first-order valence-corrected chi connectivity index (χ1v) is 12.8. The van der Waals surface area contributed by atoms with Crippen LogP contribution in [0.5, 0.6) is 0 Å². The molecule has 7 nitrogen and oxygen atoms in total. The topological polar surface area (TPSA) is 97.0 Å². The first-order valence-electron chi connectivity index (χ1n) is 10.1. The maximum atomic E-state index is 14.1. The summed E-state index contributed by atoms with van der Waals surface area (Å²) in [5.41, 5.74) is 1.53. The summed E-state index contributed by atoms with van der Waals surface area (Å²) in [4.78, 5) is 26.3. The molecule has 2 saturated heterocycles. The van der Waals surface area contributed by atoms with E-state index in [0.717, 1.165) is 35.7 Å². The Labute approximate surface area is 205 Å². The zero-order valence-electron chi connectivity index (χ0n) is 17.1. The van der Waals surface area contributed by atoms with Crippen molar-refractivity contribution in [1.29, 1.82) is 10.8 Å². The van der Waals surface area contributed by atoms with Crippen LogP contribution in [-0.2, 0) is 4.79 Å². The fraction of sp³-hybridized carbons (Fsp3) is 0.381. The van der Waals surface area contributed by atoms with E-state index in [0.29, 0.717) is 33.7 Å². The van der Waals surface area contributed by atoms with E-state index in [1.165, 1.54) is 23.5 Å². The van der Waals surface area contributed by atoms with Crippen LogP contribution in [-0.4, -0.2) is 73.6 Å². The van der Waals surface area contributed by atoms with Gasteiger partial charge >= 0.3 is 0 Å². The van der Waals surface area contributed by atoms with Crippen molar-refractivity contribution < 1.29 is 4.79 Å². The lowest BCUT2D eigenvalue weighted by Gasteiger charge is -2.29. The van der Waals surface area contributed by atoms with Crippen molar-refractivity contribution >= 4 is 62.8 Å². The third kappa shape index (κ3) is 5.39. The number of pyridine rings is 2. The summed E-state index contributed by atoms with van der Waals surface area (Å²) in [6.07, 6.45) is 3.28. The van der Waals surface area contributed by atoms with Crippen molar-refractivity contribution in [2.45, 2.75) is 11.8 Å². The van der Waals surface area contributed by atoms with Crippen LogP contribution in [0.15, 0.2) is 36.7 Å². The van der Waals surface area contributed by atoms with E-state index < -0.39 is 11.8 Å². The van der Waals surface area contributed by atoms with Gasteiger partial charge in [-0.2, -0.15) is 0 Å². The first-order chi connectivity index (χ1) is 15.4. The standard InChI is InChI=1S/C21H22Cl2N6OS2/c22-17-3-1-13(9-26-17)15(11-28-5-7-31-20(28)24)19(30)16(12-29-6-8-32-21(29)25)14-2-4-18(23)27-10-14/h1-4,9-10,15-16,24-25H,5-8,11-12H2. The largest absolute Gasteiger partial charge is 0.350 e. The summed E-state index contributed by atoms with van der Waals surface area (Å²) in [5, 5.41) is 18.1. The van der Waals surface area contributed by atoms with Crippen LogP contribution in [0.2, 0.25) is 10.3 Å². The van der Waals surface area contributed by atoms with E-state index in [9.17, 15) is 4.79 Å². The van der Waals surface area contributed by atoms with Crippen molar-refractivity contribution in [3.63, 3.8) is 0 Å². The van der Waals surface area contributed by atoms with Gasteiger partial charge in [0, 0.05) is 50.1 Å². The number of amidine groups is 2. The van der Waals surface area contributed by atoms with Crippen LogP contribution >= 0.6 is 46.7 Å². The smallest absolute Gasteiger partial charge is 0.156 e. The van der Waals surface area contributed by atoms with Gasteiger partial charge in [0.15, 0.2) is 16.1 Å². The van der Waals surface area contributed by atoms with Gasteiger partial charge in [0.05, 0.1) is 11.8 Å². The predicted octanol–water partition coefficient (Wildman–Crippen LogP) is 4.19. The molecule has 2 atom stereocenters. The maximum absolute atomic E-state index is 14.1. The molecule has 0 radical (unpaired) electrons. The van der Waals surface area contributed by atoms with Gasteiger partial charge in [-0.15, -0.1) is 0 Å². The number of carbonyl (C=O) groups excluding carboxylic acids is 1. The Bertz CT molecular complexity index is 925. The highest BCUT2D eigenvalue weighted by Gasteiger charge is 2.35. The highest BCUT2D eigenvalue weighted by Crippen LogP contribution is 2.32. The van der Waals surface area contributed by atoms with Crippen molar-refractivity contribution in [3.8, 4) is 0 Å². The molecule has 0 saturated carbocycles. The second-order valence-electron chi connectivity index (χ2n) is 7.54. The third-order valence-electron chi connectivity index (χ3n) is 5.57. The molecule has 2 aliphatic rings. The van der Waals surface area contributed by atoms with Crippen molar-refractivity contribution in [3.05, 3.63) is 58.1 Å². The van der Waals surface area contributed by atoms with Gasteiger partial charge in [-0.1, -0.05) is 58.9 Å². The summed E-state index contributed by atoms with van der Waals surface area (Å²) in [6.45, 7) is 2.26. The zero-order valence-corrected chi connectivity index (χ0v) is 20.3. The average Bonchev–Trinajstić information content (AvgIpc) is 3.39. The lowest BCUT2D eigenvalue weighted by atomic mass is 9.84. The molecule has 2 aliphatic heterocycles. The van der Waals surface area contributed by atoms with Gasteiger partial charge in [-0.3, -0.25) is 15.6 Å². The Morgan fingerprint density at radius 1 is 0.875 bits per heavy atom. The minimum Gasteiger partial charge on any atom is -0.350 e. The van der Waals surface area contributed by atoms with Crippen LogP contribution in [0.3, 0.4) is 0 Å². The molecule has 2 unspecified atom stereocenters. The van der Waals surface area contributed by atoms with E-state index in [2.05, 4.69) is 9.97 Å². The molecule has 168 valence electrons. The number of nitrogens with zero attached hydrogens (tertiary/aromatic N) is 4. The SMILES string of the molecule is N=C1SCCN1CC(C(=O)C(CN1CCSC1=N)c1ccc(Cl)nc1)c1ccc(Cl)nc1. The fourth-order valence-electron chi connectivity index (χ4n) is 3.83. The molecule has 0 amide bonds. The van der Waals surface area contributed by atoms with Gasteiger partial charge < -0.3 is 9.80 Å². The minimum absolute atomic E-state index is 0.00708. The Hall–Kier alpha value is -1.81. The third-order valence-corrected chi connectivity index (χ3v) is 7.86. The minimum atomic E-state index is -0.496. The van der Waals surface area contributed by atoms with Crippen LogP contribution in [0.1, 0.15) is 23.0 Å². The summed E-state index contributed by atoms with van der Waals surface area (Å²) in [5.74, 6) is 0.692. The number of rotatable bonds is 8. The van der Waals surface area contributed by atoms with E-state index in [1.54, 1.807) is 24.5 Å². The summed E-state index contributed by atoms with van der Waals surface area (Å²) in [6, 6.07) is 7.03. The Morgan fingerprint density at radius 3 is 1.62 bits per heavy atom. The molecule has 2 aromatic heterocycles. The molecular weight excluding hydrogens is 487 g/mol. The summed E-state index contributed by atoms with van der Waals surface area (Å²) >= 11 is 15.0. The molecule has 0 aromatic carbocycles. The fourth-order valence-corrected chi connectivity index (χ4v) is 5.76. The first kappa shape index (κ1) is 23.4. The monoisotopic (exact) mass is 508 g/mol. The van der Waals surface area contributed by atoms with Crippen molar-refractivity contribution in [1.82, 2.24) is 19.8 Å². The average molecular weight is 509 g/mol. The number of carbonyl (C=O) groups is 1. The van der Waals surface area contributed by atoms with Gasteiger partial charge in [-0.25, -0.2) is 9.97 Å². The molecule has 11 heteroatoms. The lowest BCUT2D eigenvalue weighted by molar-refractivity contribution is -0.122. The van der Waals surface area contributed by atoms with E-state index in [-0.39, 0.29) is 5.78 Å². The molecule has 0 spiro atoms.